The summed E-state index contributed by atoms with van der Waals surface area (Å²) in [5, 5.41) is 1.46. The average Bonchev–Trinajstić information content (AvgIpc) is 3.34. The van der Waals surface area contributed by atoms with Crippen LogP contribution >= 0.6 is 0 Å². The third-order valence-corrected chi connectivity index (χ3v) is 12.1. The number of hydrogen-bond acceptors (Lipinski definition) is 4. The van der Waals surface area contributed by atoms with Crippen LogP contribution in [0.3, 0.4) is 0 Å². The van der Waals surface area contributed by atoms with Gasteiger partial charge in [0.25, 0.3) is 0 Å². The monoisotopic (exact) mass is 478 g/mol. The highest BCUT2D eigenvalue weighted by Crippen LogP contribution is 2.37. The Kier molecular flexibility index (Phi) is 6.66. The van der Waals surface area contributed by atoms with E-state index in [2.05, 4.69) is 63.7 Å². The van der Waals surface area contributed by atoms with Gasteiger partial charge >= 0.3 is 0 Å². The van der Waals surface area contributed by atoms with Gasteiger partial charge in [-0.15, -0.1) is 0 Å². The van der Waals surface area contributed by atoms with Crippen molar-refractivity contribution in [2.24, 2.45) is 12.0 Å². The van der Waals surface area contributed by atoms with Crippen LogP contribution in [0.15, 0.2) is 41.4 Å². The Bertz CT molecular complexity index is 1230. The Morgan fingerprint density at radius 2 is 1.76 bits per heavy atom. The zero-order chi connectivity index (χ0) is 24.7. The first-order valence-corrected chi connectivity index (χ1v) is 14.9. The molecule has 0 saturated carbocycles. The summed E-state index contributed by atoms with van der Waals surface area (Å²) in [4.78, 5) is 5.00. The number of rotatable bonds is 7. The molecule has 0 aliphatic heterocycles. The minimum Gasteiger partial charge on any atom is -0.497 e. The third kappa shape index (κ3) is 4.66. The van der Waals surface area contributed by atoms with Crippen LogP contribution in [0, 0.1) is 0 Å². The van der Waals surface area contributed by atoms with E-state index in [9.17, 15) is 0 Å². The molecular weight excluding hydrogens is 440 g/mol. The van der Waals surface area contributed by atoms with Crippen molar-refractivity contribution < 1.29 is 13.9 Å². The Morgan fingerprint density at radius 1 is 1.00 bits per heavy atom. The first-order chi connectivity index (χ1) is 16.0. The van der Waals surface area contributed by atoms with E-state index in [-0.39, 0.29) is 5.04 Å². The molecule has 34 heavy (non-hydrogen) atoms. The van der Waals surface area contributed by atoms with Crippen LogP contribution < -0.4 is 9.47 Å². The second kappa shape index (κ2) is 9.23. The molecule has 0 spiro atoms. The summed E-state index contributed by atoms with van der Waals surface area (Å²) in [7, 11) is 3.71. The van der Waals surface area contributed by atoms with Crippen molar-refractivity contribution in [1.82, 2.24) is 4.57 Å². The fraction of sp³-hybridized carbons (Fsp3) is 0.464. The largest absolute Gasteiger partial charge is 0.497 e. The Hall–Kier alpha value is -2.57. The van der Waals surface area contributed by atoms with E-state index in [1.807, 2.05) is 18.2 Å². The van der Waals surface area contributed by atoms with Gasteiger partial charge in [-0.05, 0) is 72.4 Å². The zero-order valence-corrected chi connectivity index (χ0v) is 22.9. The van der Waals surface area contributed by atoms with Gasteiger partial charge in [-0.3, -0.25) is 4.99 Å². The number of aromatic nitrogens is 1. The van der Waals surface area contributed by atoms with Gasteiger partial charge in [0.2, 0.25) is 0 Å². The van der Waals surface area contributed by atoms with E-state index in [1.54, 1.807) is 14.2 Å². The number of nitrogens with zero attached hydrogens (tertiary/aromatic N) is 2. The van der Waals surface area contributed by atoms with Crippen molar-refractivity contribution in [2.75, 3.05) is 14.2 Å². The lowest BCUT2D eigenvalue weighted by molar-refractivity contribution is 0.269. The van der Waals surface area contributed by atoms with Gasteiger partial charge in [-0.2, -0.15) is 0 Å². The van der Waals surface area contributed by atoms with Gasteiger partial charge in [-0.25, -0.2) is 0 Å². The highest BCUT2D eigenvalue weighted by Gasteiger charge is 2.37. The molecule has 0 saturated heterocycles. The van der Waals surface area contributed by atoms with E-state index in [0.29, 0.717) is 13.2 Å². The molecule has 5 nitrogen and oxygen atoms in total. The molecule has 1 heterocycles. The van der Waals surface area contributed by atoms with Gasteiger partial charge in [-0.1, -0.05) is 20.8 Å². The molecule has 0 fully saturated rings. The van der Waals surface area contributed by atoms with Gasteiger partial charge in [0.15, 0.2) is 8.32 Å². The standard InChI is InChI=1S/C28H38N2O3Si/c1-28(2,3)34(7,8)33-18-22-13-21-14-24-19(15-26(21)30(22)4)10-12-25(24)29-17-20-9-11-23(31-5)16-27(20)32-6/h9,11,13-16H,10,12,17-18H2,1-8H3. The Labute approximate surface area is 204 Å². The van der Waals surface area contributed by atoms with Crippen LogP contribution in [0.5, 0.6) is 11.5 Å². The molecule has 0 unspecified atom stereocenters. The van der Waals surface area contributed by atoms with Crippen LogP contribution in [-0.4, -0.2) is 32.8 Å². The molecule has 0 bridgehead atoms. The molecule has 1 aliphatic carbocycles. The number of aliphatic imine (C=N–C) groups is 1. The highest BCUT2D eigenvalue weighted by atomic mass is 28.4. The number of hydrogen-bond donors (Lipinski definition) is 0. The number of aryl methyl sites for hydroxylation is 2. The summed E-state index contributed by atoms with van der Waals surface area (Å²) in [5.41, 5.74) is 7.40. The second-order valence-corrected chi connectivity index (χ2v) is 15.6. The molecule has 1 aliphatic rings. The number of benzene rings is 2. The summed E-state index contributed by atoms with van der Waals surface area (Å²) < 4.78 is 19.7. The van der Waals surface area contributed by atoms with Gasteiger partial charge in [0, 0.05) is 41.0 Å². The number of fused-ring (bicyclic) bond motifs is 2. The molecule has 0 amide bonds. The second-order valence-electron chi connectivity index (χ2n) is 10.8. The van der Waals surface area contributed by atoms with Crippen LogP contribution in [-0.2, 0) is 31.0 Å². The summed E-state index contributed by atoms with van der Waals surface area (Å²) >= 11 is 0. The molecule has 1 aromatic heterocycles. The smallest absolute Gasteiger partial charge is 0.192 e. The molecule has 2 aromatic carbocycles. The quantitative estimate of drug-likeness (QED) is 0.357. The Balaban J connectivity index is 1.59. The van der Waals surface area contributed by atoms with Gasteiger partial charge < -0.3 is 18.5 Å². The lowest BCUT2D eigenvalue weighted by Gasteiger charge is -2.36. The predicted molar refractivity (Wildman–Crippen MR) is 143 cm³/mol. The zero-order valence-electron chi connectivity index (χ0n) is 21.9. The molecule has 182 valence electrons. The maximum atomic E-state index is 6.51. The third-order valence-electron chi connectivity index (χ3n) is 7.63. The van der Waals surface area contributed by atoms with Crippen LogP contribution in [0.1, 0.15) is 49.6 Å². The highest BCUT2D eigenvalue weighted by molar-refractivity contribution is 6.74. The molecular formula is C28H38N2O3Si. The van der Waals surface area contributed by atoms with Gasteiger partial charge in [0.1, 0.15) is 11.5 Å². The molecule has 0 radical (unpaired) electrons. The van der Waals surface area contributed by atoms with Crippen LogP contribution in [0.2, 0.25) is 18.1 Å². The molecule has 3 aromatic rings. The molecule has 4 rings (SSSR count). The molecule has 6 heteroatoms. The van der Waals surface area contributed by atoms with Crippen molar-refractivity contribution in [2.45, 2.75) is 64.9 Å². The minimum absolute atomic E-state index is 0.205. The van der Waals surface area contributed by atoms with Crippen LogP contribution in [0.25, 0.3) is 10.9 Å². The van der Waals surface area contributed by atoms with Crippen molar-refractivity contribution in [3.63, 3.8) is 0 Å². The van der Waals surface area contributed by atoms with E-state index in [4.69, 9.17) is 18.9 Å². The SMILES string of the molecule is COc1ccc(CN=C2CCc3cc4c(cc32)cc(CO[Si](C)(C)C(C)(C)C)n4C)c(OC)c1. The van der Waals surface area contributed by atoms with E-state index in [0.717, 1.165) is 29.9 Å². The van der Waals surface area contributed by atoms with Crippen molar-refractivity contribution in [3.8, 4) is 11.5 Å². The fourth-order valence-electron chi connectivity index (χ4n) is 4.29. The summed E-state index contributed by atoms with van der Waals surface area (Å²) in [5.74, 6) is 1.60. The number of methoxy groups -OCH3 is 2. The summed E-state index contributed by atoms with van der Waals surface area (Å²) in [6.07, 6.45) is 2.01. The van der Waals surface area contributed by atoms with E-state index < -0.39 is 8.32 Å². The summed E-state index contributed by atoms with van der Waals surface area (Å²) in [6.45, 7) is 12.7. The number of ether oxygens (including phenoxy) is 2. The molecule has 0 atom stereocenters. The summed E-state index contributed by atoms with van der Waals surface area (Å²) in [6, 6.07) is 12.9. The lowest BCUT2D eigenvalue weighted by Crippen LogP contribution is -2.40. The average molecular weight is 479 g/mol. The maximum Gasteiger partial charge on any atom is 0.192 e. The first kappa shape index (κ1) is 24.5. The lowest BCUT2D eigenvalue weighted by atomic mass is 10.1. The van der Waals surface area contributed by atoms with E-state index >= 15 is 0 Å². The maximum absolute atomic E-state index is 6.51. The van der Waals surface area contributed by atoms with E-state index in [1.165, 1.54) is 33.4 Å². The van der Waals surface area contributed by atoms with Gasteiger partial charge in [0.05, 0.1) is 27.4 Å². The van der Waals surface area contributed by atoms with Crippen molar-refractivity contribution >= 4 is 24.9 Å². The van der Waals surface area contributed by atoms with Crippen molar-refractivity contribution in [1.29, 1.82) is 0 Å². The van der Waals surface area contributed by atoms with Crippen molar-refractivity contribution in [3.05, 3.63) is 58.8 Å². The van der Waals surface area contributed by atoms with Crippen LogP contribution in [0.4, 0.5) is 0 Å². The molecule has 0 N–H and O–H groups in total. The first-order valence-electron chi connectivity index (χ1n) is 12.0. The Morgan fingerprint density at radius 3 is 2.44 bits per heavy atom. The topological polar surface area (TPSA) is 45.0 Å². The predicted octanol–water partition coefficient (Wildman–Crippen LogP) is 6.65. The normalized spacial score (nSPS) is 15.2. The minimum atomic E-state index is -1.80. The fourth-order valence-corrected chi connectivity index (χ4v) is 5.23.